The molecule has 2 heterocycles. The Labute approximate surface area is 136 Å². The van der Waals surface area contributed by atoms with Crippen molar-refractivity contribution in [3.63, 3.8) is 0 Å². The van der Waals surface area contributed by atoms with Crippen molar-refractivity contribution in [2.75, 3.05) is 12.4 Å². The number of halogens is 1. The second-order valence-electron chi connectivity index (χ2n) is 4.79. The molecule has 2 aromatic heterocycles. The van der Waals surface area contributed by atoms with Crippen LogP contribution < -0.4 is 10.1 Å². The molecule has 1 atom stereocenters. The van der Waals surface area contributed by atoms with Crippen molar-refractivity contribution in [3.8, 4) is 5.75 Å². The fourth-order valence-electron chi connectivity index (χ4n) is 2.18. The summed E-state index contributed by atoms with van der Waals surface area (Å²) in [6.45, 7) is 2.13. The molecule has 0 amide bonds. The zero-order chi connectivity index (χ0) is 14.8. The molecule has 0 aliphatic carbocycles. The first-order chi connectivity index (χ1) is 10.2. The van der Waals surface area contributed by atoms with Gasteiger partial charge in [0.2, 0.25) is 0 Å². The number of fused-ring (bicyclic) bond motifs is 1. The van der Waals surface area contributed by atoms with E-state index in [9.17, 15) is 0 Å². The van der Waals surface area contributed by atoms with Crippen molar-refractivity contribution < 1.29 is 4.74 Å². The van der Waals surface area contributed by atoms with Gasteiger partial charge in [-0.3, -0.25) is 4.98 Å². The van der Waals surface area contributed by atoms with Gasteiger partial charge in [0.15, 0.2) is 0 Å². The van der Waals surface area contributed by atoms with E-state index in [0.717, 1.165) is 21.4 Å². The minimum atomic E-state index is 0.176. The van der Waals surface area contributed by atoms with Gasteiger partial charge in [0, 0.05) is 18.0 Å². The third-order valence-corrected chi connectivity index (χ3v) is 4.87. The van der Waals surface area contributed by atoms with Crippen LogP contribution in [-0.4, -0.2) is 12.1 Å². The number of thiophene rings is 1. The first-order valence-corrected chi connectivity index (χ1v) is 8.28. The Morgan fingerprint density at radius 1 is 1.29 bits per heavy atom. The standard InChI is InChI=1S/C16H15BrN2OS/c1-10(11-7-16-14(18-9-11)5-6-21-16)19-12-3-4-13(17)15(8-12)20-2/h3-10,19H,1-2H3. The molecule has 0 spiro atoms. The van der Waals surface area contributed by atoms with E-state index in [1.54, 1.807) is 18.4 Å². The van der Waals surface area contributed by atoms with E-state index in [4.69, 9.17) is 4.74 Å². The zero-order valence-electron chi connectivity index (χ0n) is 11.8. The van der Waals surface area contributed by atoms with Crippen LogP contribution in [0.5, 0.6) is 5.75 Å². The minimum Gasteiger partial charge on any atom is -0.495 e. The summed E-state index contributed by atoms with van der Waals surface area (Å²) in [4.78, 5) is 4.49. The van der Waals surface area contributed by atoms with Gasteiger partial charge in [-0.15, -0.1) is 11.3 Å². The summed E-state index contributed by atoms with van der Waals surface area (Å²) in [6.07, 6.45) is 1.93. The topological polar surface area (TPSA) is 34.1 Å². The molecule has 3 nitrogen and oxygen atoms in total. The summed E-state index contributed by atoms with van der Waals surface area (Å²) in [5.74, 6) is 0.819. The highest BCUT2D eigenvalue weighted by molar-refractivity contribution is 9.10. The molecule has 0 radical (unpaired) electrons. The Bertz CT molecular complexity index is 772. The molecule has 0 fully saturated rings. The van der Waals surface area contributed by atoms with Crippen LogP contribution in [0.3, 0.4) is 0 Å². The van der Waals surface area contributed by atoms with Crippen molar-refractivity contribution in [3.05, 3.63) is 51.9 Å². The van der Waals surface area contributed by atoms with Gasteiger partial charge in [-0.25, -0.2) is 0 Å². The average molecular weight is 363 g/mol. The van der Waals surface area contributed by atoms with Crippen LogP contribution in [-0.2, 0) is 0 Å². The molecular weight excluding hydrogens is 348 g/mol. The van der Waals surface area contributed by atoms with Gasteiger partial charge >= 0.3 is 0 Å². The maximum absolute atomic E-state index is 5.32. The molecular formula is C16H15BrN2OS. The summed E-state index contributed by atoms with van der Waals surface area (Å²) in [7, 11) is 1.67. The van der Waals surface area contributed by atoms with Crippen LogP contribution in [0.25, 0.3) is 10.2 Å². The third kappa shape index (κ3) is 3.04. The number of nitrogens with zero attached hydrogens (tertiary/aromatic N) is 1. The maximum atomic E-state index is 5.32. The maximum Gasteiger partial charge on any atom is 0.135 e. The Kier molecular flexibility index (Phi) is 4.12. The molecule has 0 bridgehead atoms. The average Bonchev–Trinajstić information content (AvgIpc) is 2.96. The number of nitrogens with one attached hydrogen (secondary N) is 1. The molecule has 21 heavy (non-hydrogen) atoms. The van der Waals surface area contributed by atoms with Crippen molar-refractivity contribution in [2.24, 2.45) is 0 Å². The highest BCUT2D eigenvalue weighted by Crippen LogP contribution is 2.30. The zero-order valence-corrected chi connectivity index (χ0v) is 14.2. The van der Waals surface area contributed by atoms with Crippen LogP contribution in [0.15, 0.2) is 46.4 Å². The largest absolute Gasteiger partial charge is 0.495 e. The Hall–Kier alpha value is -1.59. The van der Waals surface area contributed by atoms with Crippen LogP contribution >= 0.6 is 27.3 Å². The summed E-state index contributed by atoms with van der Waals surface area (Å²) >= 11 is 5.18. The molecule has 0 saturated carbocycles. The highest BCUT2D eigenvalue weighted by atomic mass is 79.9. The molecule has 5 heteroatoms. The minimum absolute atomic E-state index is 0.176. The van der Waals surface area contributed by atoms with E-state index >= 15 is 0 Å². The molecule has 3 rings (SSSR count). The normalized spacial score (nSPS) is 12.3. The van der Waals surface area contributed by atoms with Crippen molar-refractivity contribution in [2.45, 2.75) is 13.0 Å². The van der Waals surface area contributed by atoms with Gasteiger partial charge in [0.25, 0.3) is 0 Å². The van der Waals surface area contributed by atoms with Crippen LogP contribution in [0.2, 0.25) is 0 Å². The van der Waals surface area contributed by atoms with Gasteiger partial charge in [-0.2, -0.15) is 0 Å². The van der Waals surface area contributed by atoms with Crippen LogP contribution in [0.1, 0.15) is 18.5 Å². The first-order valence-electron chi connectivity index (χ1n) is 6.60. The molecule has 3 aromatic rings. The number of rotatable bonds is 4. The van der Waals surface area contributed by atoms with E-state index in [-0.39, 0.29) is 6.04 Å². The SMILES string of the molecule is COc1cc(NC(C)c2cnc3ccsc3c2)ccc1Br. The monoisotopic (exact) mass is 362 g/mol. The molecule has 0 saturated heterocycles. The second kappa shape index (κ2) is 6.03. The van der Waals surface area contributed by atoms with Crippen molar-refractivity contribution in [1.82, 2.24) is 4.98 Å². The van der Waals surface area contributed by atoms with Crippen molar-refractivity contribution >= 4 is 43.2 Å². The number of ether oxygens (including phenoxy) is 1. The lowest BCUT2D eigenvalue weighted by molar-refractivity contribution is 0.412. The van der Waals surface area contributed by atoms with E-state index in [1.165, 1.54) is 10.3 Å². The third-order valence-electron chi connectivity index (χ3n) is 3.36. The molecule has 1 N–H and O–H groups in total. The van der Waals surface area contributed by atoms with Gasteiger partial charge < -0.3 is 10.1 Å². The Balaban J connectivity index is 1.83. The van der Waals surface area contributed by atoms with Gasteiger partial charge in [0.1, 0.15) is 5.75 Å². The smallest absolute Gasteiger partial charge is 0.135 e. The fraction of sp³-hybridized carbons (Fsp3) is 0.188. The summed E-state index contributed by atoms with van der Waals surface area (Å²) in [6, 6.07) is 10.4. The highest BCUT2D eigenvalue weighted by Gasteiger charge is 2.09. The van der Waals surface area contributed by atoms with E-state index in [1.807, 2.05) is 30.5 Å². The number of hydrogen-bond donors (Lipinski definition) is 1. The lowest BCUT2D eigenvalue weighted by Gasteiger charge is -2.16. The quantitative estimate of drug-likeness (QED) is 0.688. The summed E-state index contributed by atoms with van der Waals surface area (Å²) < 4.78 is 7.49. The Morgan fingerprint density at radius 3 is 2.95 bits per heavy atom. The van der Waals surface area contributed by atoms with Gasteiger partial charge in [-0.1, -0.05) is 0 Å². The van der Waals surface area contributed by atoms with Gasteiger partial charge in [0.05, 0.1) is 27.8 Å². The number of aromatic nitrogens is 1. The first kappa shape index (κ1) is 14.4. The number of methoxy groups -OCH3 is 1. The second-order valence-corrected chi connectivity index (χ2v) is 6.59. The van der Waals surface area contributed by atoms with E-state index < -0.39 is 0 Å². The number of pyridine rings is 1. The molecule has 108 valence electrons. The molecule has 0 aliphatic rings. The Morgan fingerprint density at radius 2 is 2.14 bits per heavy atom. The number of hydrogen-bond acceptors (Lipinski definition) is 4. The summed E-state index contributed by atoms with van der Waals surface area (Å²) in [5, 5.41) is 5.55. The van der Waals surface area contributed by atoms with Gasteiger partial charge in [-0.05, 0) is 58.1 Å². The number of benzene rings is 1. The lowest BCUT2D eigenvalue weighted by atomic mass is 10.1. The fourth-order valence-corrected chi connectivity index (χ4v) is 3.38. The van der Waals surface area contributed by atoms with E-state index in [0.29, 0.717) is 0 Å². The lowest BCUT2D eigenvalue weighted by Crippen LogP contribution is -2.07. The predicted molar refractivity (Wildman–Crippen MR) is 92.4 cm³/mol. The van der Waals surface area contributed by atoms with E-state index in [2.05, 4.69) is 44.6 Å². The number of anilines is 1. The van der Waals surface area contributed by atoms with Crippen LogP contribution in [0.4, 0.5) is 5.69 Å². The molecule has 0 aliphatic heterocycles. The molecule has 1 unspecified atom stereocenters. The summed E-state index contributed by atoms with van der Waals surface area (Å²) in [5.41, 5.74) is 3.25. The molecule has 1 aromatic carbocycles. The predicted octanol–water partition coefficient (Wildman–Crippen LogP) is 5.24. The van der Waals surface area contributed by atoms with Crippen LogP contribution in [0, 0.1) is 0 Å². The van der Waals surface area contributed by atoms with Crippen molar-refractivity contribution in [1.29, 1.82) is 0 Å².